The SMILES string of the molecule is [Pt].[c-]1c(B2c3[c-]c(Oc4ccccn4)ccc3Oc3ccccc32)cccc1-c1ccn[n-]1. The molecule has 1 aliphatic heterocycles. The summed E-state index contributed by atoms with van der Waals surface area (Å²) < 4.78 is 12.1. The predicted octanol–water partition coefficient (Wildman–Crippen LogP) is 3.11. The van der Waals surface area contributed by atoms with Crippen LogP contribution >= 0.6 is 0 Å². The van der Waals surface area contributed by atoms with Crippen molar-refractivity contribution in [2.24, 2.45) is 0 Å². The number of nitrogens with zero attached hydrogens (tertiary/aromatic N) is 3. The van der Waals surface area contributed by atoms with Gasteiger partial charge in [0.15, 0.2) is 0 Å². The molecule has 0 radical (unpaired) electrons. The van der Waals surface area contributed by atoms with Crippen LogP contribution in [0.3, 0.4) is 0 Å². The van der Waals surface area contributed by atoms with Crippen LogP contribution in [-0.4, -0.2) is 16.8 Å². The Balaban J connectivity index is 0.00000228. The second-order valence-electron chi connectivity index (χ2n) is 7.38. The summed E-state index contributed by atoms with van der Waals surface area (Å²) in [6, 6.07) is 32.3. The fourth-order valence-corrected chi connectivity index (χ4v) is 3.95. The van der Waals surface area contributed by atoms with E-state index in [-0.39, 0.29) is 27.8 Å². The Kier molecular flexibility index (Phi) is 5.85. The molecule has 0 fully saturated rings. The van der Waals surface area contributed by atoms with E-state index in [0.717, 1.165) is 39.1 Å². The van der Waals surface area contributed by atoms with Gasteiger partial charge in [-0.2, -0.15) is 17.1 Å². The van der Waals surface area contributed by atoms with E-state index in [1.165, 1.54) is 0 Å². The van der Waals surface area contributed by atoms with Crippen LogP contribution in [0.25, 0.3) is 11.3 Å². The second kappa shape index (κ2) is 9.09. The first kappa shape index (κ1) is 21.2. The van der Waals surface area contributed by atoms with Gasteiger partial charge in [-0.05, 0) is 23.8 Å². The minimum absolute atomic E-state index is 0. The maximum Gasteiger partial charge on any atom is 0.216 e. The number of fused-ring (bicyclic) bond motifs is 2. The molecule has 0 unspecified atom stereocenters. The van der Waals surface area contributed by atoms with E-state index >= 15 is 0 Å². The second-order valence-corrected chi connectivity index (χ2v) is 7.38. The van der Waals surface area contributed by atoms with Gasteiger partial charge in [-0.25, -0.2) is 10.7 Å². The Morgan fingerprint density at radius 3 is 2.58 bits per heavy atom. The summed E-state index contributed by atoms with van der Waals surface area (Å²) in [5.41, 5.74) is 4.62. The van der Waals surface area contributed by atoms with Gasteiger partial charge in [0.2, 0.25) is 12.6 Å². The van der Waals surface area contributed by atoms with E-state index in [1.54, 1.807) is 12.4 Å². The van der Waals surface area contributed by atoms with Gasteiger partial charge >= 0.3 is 0 Å². The largest absolute Gasteiger partial charge is 0.619 e. The quantitative estimate of drug-likeness (QED) is 0.228. The first-order valence-electron chi connectivity index (χ1n) is 10.2. The number of hydrogen-bond acceptors (Lipinski definition) is 4. The van der Waals surface area contributed by atoms with Crippen molar-refractivity contribution in [1.29, 1.82) is 0 Å². The zero-order valence-electron chi connectivity index (χ0n) is 17.2. The third-order valence-electron chi connectivity index (χ3n) is 5.37. The van der Waals surface area contributed by atoms with Crippen molar-refractivity contribution in [1.82, 2.24) is 15.2 Å². The van der Waals surface area contributed by atoms with Gasteiger partial charge < -0.3 is 19.7 Å². The van der Waals surface area contributed by atoms with Gasteiger partial charge in [-0.15, -0.1) is 47.9 Å². The van der Waals surface area contributed by atoms with Crippen molar-refractivity contribution in [3.8, 4) is 34.4 Å². The summed E-state index contributed by atoms with van der Waals surface area (Å²) in [6.07, 6.45) is 3.38. The molecule has 0 amide bonds. The fourth-order valence-electron chi connectivity index (χ4n) is 3.95. The molecule has 5 nitrogen and oxygen atoms in total. The minimum atomic E-state index is -0.120. The molecule has 0 aliphatic carbocycles. The topological polar surface area (TPSA) is 58.3 Å². The summed E-state index contributed by atoms with van der Waals surface area (Å²) in [5.74, 6) is 2.66. The van der Waals surface area contributed by atoms with E-state index in [4.69, 9.17) is 9.47 Å². The molecule has 5 aromatic rings. The molecule has 1 aliphatic rings. The van der Waals surface area contributed by atoms with Crippen molar-refractivity contribution < 1.29 is 30.5 Å². The first-order chi connectivity index (χ1) is 15.8. The van der Waals surface area contributed by atoms with Crippen molar-refractivity contribution >= 4 is 23.1 Å². The monoisotopic (exact) mass is 607 g/mol. The van der Waals surface area contributed by atoms with Crippen molar-refractivity contribution in [3.05, 3.63) is 103 Å². The summed E-state index contributed by atoms with van der Waals surface area (Å²) in [4.78, 5) is 4.25. The zero-order chi connectivity index (χ0) is 21.3. The first-order valence-corrected chi connectivity index (χ1v) is 10.2. The maximum atomic E-state index is 6.20. The molecule has 0 bridgehead atoms. The maximum absolute atomic E-state index is 6.20. The smallest absolute Gasteiger partial charge is 0.216 e. The molecule has 6 rings (SSSR count). The summed E-state index contributed by atoms with van der Waals surface area (Å²) >= 11 is 0. The Bertz CT molecular complexity index is 1390. The summed E-state index contributed by atoms with van der Waals surface area (Å²) in [7, 11) is 0. The molecule has 33 heavy (non-hydrogen) atoms. The van der Waals surface area contributed by atoms with E-state index in [9.17, 15) is 0 Å². The third kappa shape index (κ3) is 4.10. The number of benzene rings is 3. The van der Waals surface area contributed by atoms with Crippen LogP contribution in [0.2, 0.25) is 0 Å². The van der Waals surface area contributed by atoms with Gasteiger partial charge in [0.1, 0.15) is 5.75 Å². The van der Waals surface area contributed by atoms with E-state index in [2.05, 4.69) is 39.4 Å². The van der Waals surface area contributed by atoms with Crippen molar-refractivity contribution in [3.63, 3.8) is 0 Å². The fraction of sp³-hybridized carbons (Fsp3) is 0. The molecule has 0 saturated carbocycles. The molecular weight excluding hydrogens is 592 g/mol. The third-order valence-corrected chi connectivity index (χ3v) is 5.37. The van der Waals surface area contributed by atoms with E-state index < -0.39 is 0 Å². The predicted molar refractivity (Wildman–Crippen MR) is 123 cm³/mol. The molecule has 2 aromatic heterocycles. The molecule has 3 heterocycles. The Morgan fingerprint density at radius 1 is 0.818 bits per heavy atom. The number of aromatic nitrogens is 3. The number of hydrogen-bond donors (Lipinski definition) is 0. The normalized spacial score (nSPS) is 11.6. The number of rotatable bonds is 4. The molecule has 3 aromatic carbocycles. The van der Waals surface area contributed by atoms with Crippen LogP contribution in [0, 0.1) is 12.1 Å². The van der Waals surface area contributed by atoms with Gasteiger partial charge in [-0.3, -0.25) is 0 Å². The molecule has 162 valence electrons. The van der Waals surface area contributed by atoms with E-state index in [1.807, 2.05) is 66.7 Å². The average molecular weight is 607 g/mol. The summed E-state index contributed by atoms with van der Waals surface area (Å²) in [5, 5.41) is 8.13. The van der Waals surface area contributed by atoms with E-state index in [0.29, 0.717) is 11.6 Å². The Labute approximate surface area is 206 Å². The van der Waals surface area contributed by atoms with Gasteiger partial charge in [0.05, 0.1) is 0 Å². The number of para-hydroxylation sites is 1. The number of ether oxygens (including phenoxy) is 2. The molecule has 0 atom stereocenters. The van der Waals surface area contributed by atoms with Crippen LogP contribution in [0.5, 0.6) is 23.1 Å². The van der Waals surface area contributed by atoms with Gasteiger partial charge in [0, 0.05) is 44.8 Å². The number of pyridine rings is 1. The molecule has 0 spiro atoms. The van der Waals surface area contributed by atoms with Crippen molar-refractivity contribution in [2.75, 3.05) is 0 Å². The summed E-state index contributed by atoms with van der Waals surface area (Å²) in [6.45, 7) is -0.120. The minimum Gasteiger partial charge on any atom is -0.619 e. The van der Waals surface area contributed by atoms with Crippen molar-refractivity contribution in [2.45, 2.75) is 0 Å². The molecule has 0 saturated heterocycles. The van der Waals surface area contributed by atoms with Crippen LogP contribution in [-0.2, 0) is 21.1 Å². The zero-order valence-corrected chi connectivity index (χ0v) is 19.5. The van der Waals surface area contributed by atoms with Gasteiger partial charge in [-0.1, -0.05) is 24.3 Å². The molecular formula is C26H15BN3O2Pt-3. The standard InChI is InChI=1S/C26H15BN3O2.Pt/c1-2-9-24-21(8-1)27(19-7-5-6-18(16-19)23-13-15-29-30-23)22-17-20(11-12-25(22)32-24)31-26-10-3-4-14-28-26;/h1-15H;/q-3;. The molecule has 7 heteroatoms. The van der Waals surface area contributed by atoms with Crippen LogP contribution < -0.4 is 31.0 Å². The van der Waals surface area contributed by atoms with Gasteiger partial charge in [0.25, 0.3) is 0 Å². The average Bonchev–Trinajstić information content (AvgIpc) is 3.39. The Hall–Kier alpha value is -3.63. The molecule has 0 N–H and O–H groups in total. The van der Waals surface area contributed by atoms with Crippen LogP contribution in [0.4, 0.5) is 0 Å². The van der Waals surface area contributed by atoms with Crippen LogP contribution in [0.15, 0.2) is 91.3 Å². The van der Waals surface area contributed by atoms with Crippen LogP contribution in [0.1, 0.15) is 0 Å². The Morgan fingerprint density at radius 2 is 1.73 bits per heavy atom.